The molecule has 2 aromatic heterocycles. The zero-order chi connectivity index (χ0) is 24.6. The highest BCUT2D eigenvalue weighted by atomic mass is 32.2. The minimum atomic E-state index is -1.81. The van der Waals surface area contributed by atoms with Crippen LogP contribution in [0.3, 0.4) is 0 Å². The lowest BCUT2D eigenvalue weighted by molar-refractivity contribution is 0.340. The Bertz CT molecular complexity index is 1340. The van der Waals surface area contributed by atoms with Gasteiger partial charge in [0.15, 0.2) is 0 Å². The first-order chi connectivity index (χ1) is 17.0. The number of aromatic nitrogens is 4. The van der Waals surface area contributed by atoms with Crippen LogP contribution >= 0.6 is 0 Å². The van der Waals surface area contributed by atoms with Crippen molar-refractivity contribution in [1.82, 2.24) is 20.2 Å². The van der Waals surface area contributed by atoms with Crippen molar-refractivity contribution in [3.8, 4) is 16.9 Å². The van der Waals surface area contributed by atoms with Crippen LogP contribution in [0.4, 0.5) is 17.5 Å². The average molecular weight is 491 g/mol. The van der Waals surface area contributed by atoms with Gasteiger partial charge in [-0.05, 0) is 56.0 Å². The van der Waals surface area contributed by atoms with Crippen LogP contribution in [0.15, 0.2) is 65.8 Å². The molecule has 4 rings (SSSR count). The van der Waals surface area contributed by atoms with E-state index in [1.54, 1.807) is 24.4 Å². The van der Waals surface area contributed by atoms with Gasteiger partial charge in [0, 0.05) is 29.7 Å². The average Bonchev–Trinajstić information content (AvgIpc) is 3.27. The van der Waals surface area contributed by atoms with Crippen LogP contribution in [0.5, 0.6) is 5.75 Å². The van der Waals surface area contributed by atoms with Crippen molar-refractivity contribution in [3.63, 3.8) is 0 Å². The maximum atomic E-state index is 11.5. The van der Waals surface area contributed by atoms with Crippen LogP contribution in [0.2, 0.25) is 0 Å². The molecule has 0 aliphatic heterocycles. The highest BCUT2D eigenvalue weighted by Crippen LogP contribution is 2.29. The molecule has 35 heavy (non-hydrogen) atoms. The number of benzene rings is 2. The van der Waals surface area contributed by atoms with Crippen molar-refractivity contribution in [3.05, 3.63) is 72.2 Å². The SMILES string of the molecule is CCOc1ccc(-c2cnc(Nc3cccc([S-](=N)=O)c3)nc2NCCCc2cn[nH]c2C)cc1. The van der Waals surface area contributed by atoms with Gasteiger partial charge in [-0.25, -0.2) is 4.98 Å². The summed E-state index contributed by atoms with van der Waals surface area (Å²) in [6.07, 6.45) is 5.46. The molecule has 0 atom stereocenters. The smallest absolute Gasteiger partial charge is 0.229 e. The first kappa shape index (κ1) is 24.2. The molecule has 4 N–H and O–H groups in total. The van der Waals surface area contributed by atoms with Crippen LogP contribution in [0, 0.1) is 11.7 Å². The van der Waals surface area contributed by atoms with Crippen LogP contribution in [0.1, 0.15) is 24.6 Å². The molecule has 0 spiro atoms. The second-order valence-corrected chi connectivity index (χ2v) is 8.89. The van der Waals surface area contributed by atoms with E-state index in [2.05, 4.69) is 25.8 Å². The molecule has 4 aromatic rings. The van der Waals surface area contributed by atoms with Gasteiger partial charge in [0.25, 0.3) is 0 Å². The molecule has 0 saturated heterocycles. The van der Waals surface area contributed by atoms with Gasteiger partial charge in [0.1, 0.15) is 11.6 Å². The second-order valence-electron chi connectivity index (χ2n) is 7.89. The molecule has 0 radical (unpaired) electrons. The monoisotopic (exact) mass is 490 g/mol. The summed E-state index contributed by atoms with van der Waals surface area (Å²) in [5, 5.41) is 13.7. The Morgan fingerprint density at radius 2 is 1.97 bits per heavy atom. The van der Waals surface area contributed by atoms with Gasteiger partial charge >= 0.3 is 0 Å². The lowest BCUT2D eigenvalue weighted by Gasteiger charge is -2.14. The van der Waals surface area contributed by atoms with Crippen molar-refractivity contribution in [1.29, 1.82) is 4.78 Å². The number of nitrogens with zero attached hydrogens (tertiary/aromatic N) is 3. The van der Waals surface area contributed by atoms with E-state index in [0.29, 0.717) is 29.0 Å². The third kappa shape index (κ3) is 6.36. The second kappa shape index (κ2) is 11.5. The molecule has 2 heterocycles. The Morgan fingerprint density at radius 1 is 1.14 bits per heavy atom. The highest BCUT2D eigenvalue weighted by Gasteiger charge is 2.11. The summed E-state index contributed by atoms with van der Waals surface area (Å²) in [7, 11) is -1.81. The molecule has 0 bridgehead atoms. The van der Waals surface area contributed by atoms with Crippen molar-refractivity contribution in [2.45, 2.75) is 31.6 Å². The van der Waals surface area contributed by atoms with Crippen molar-refractivity contribution in [2.75, 3.05) is 23.8 Å². The number of anilines is 3. The van der Waals surface area contributed by atoms with Gasteiger partial charge < -0.3 is 24.4 Å². The molecule has 0 fully saturated rings. The molecule has 0 aliphatic carbocycles. The lowest BCUT2D eigenvalue weighted by Crippen LogP contribution is -2.08. The Kier molecular flexibility index (Phi) is 7.94. The predicted octanol–water partition coefficient (Wildman–Crippen LogP) is 5.45. The fourth-order valence-corrected chi connectivity index (χ4v) is 4.05. The fraction of sp³-hybridized carbons (Fsp3) is 0.240. The van der Waals surface area contributed by atoms with Crippen LogP contribution in [0.25, 0.3) is 11.1 Å². The predicted molar refractivity (Wildman–Crippen MR) is 138 cm³/mol. The lowest BCUT2D eigenvalue weighted by atomic mass is 10.1. The third-order valence-corrected chi connectivity index (χ3v) is 6.10. The number of ether oxygens (including phenoxy) is 1. The maximum absolute atomic E-state index is 11.5. The summed E-state index contributed by atoms with van der Waals surface area (Å²) in [6.45, 7) is 5.31. The number of rotatable bonds is 11. The van der Waals surface area contributed by atoms with E-state index in [1.807, 2.05) is 50.4 Å². The third-order valence-electron chi connectivity index (χ3n) is 5.42. The first-order valence-electron chi connectivity index (χ1n) is 11.4. The Morgan fingerprint density at radius 3 is 2.69 bits per heavy atom. The van der Waals surface area contributed by atoms with Crippen LogP contribution in [-0.2, 0) is 21.2 Å². The maximum Gasteiger partial charge on any atom is 0.229 e. The summed E-state index contributed by atoms with van der Waals surface area (Å²) in [5.74, 6) is 1.92. The van der Waals surface area contributed by atoms with Crippen LogP contribution in [-0.4, -0.2) is 33.3 Å². The number of aryl methyl sites for hydroxylation is 2. The number of H-pyrrole nitrogens is 1. The normalized spacial score (nSPS) is 10.9. The molecule has 0 unspecified atom stereocenters. The van der Waals surface area contributed by atoms with E-state index < -0.39 is 10.6 Å². The minimum Gasteiger partial charge on any atom is -0.494 e. The van der Waals surface area contributed by atoms with Gasteiger partial charge in [0.2, 0.25) is 5.95 Å². The highest BCUT2D eigenvalue weighted by molar-refractivity contribution is 7.73. The van der Waals surface area contributed by atoms with E-state index in [0.717, 1.165) is 42.0 Å². The van der Waals surface area contributed by atoms with Crippen molar-refractivity contribution < 1.29 is 8.95 Å². The van der Waals surface area contributed by atoms with E-state index >= 15 is 0 Å². The summed E-state index contributed by atoms with van der Waals surface area (Å²) in [4.78, 5) is 9.63. The van der Waals surface area contributed by atoms with Crippen LogP contribution < -0.4 is 15.4 Å². The van der Waals surface area contributed by atoms with Gasteiger partial charge in [-0.2, -0.15) is 20.7 Å². The van der Waals surface area contributed by atoms with E-state index in [1.165, 1.54) is 5.56 Å². The Labute approximate surface area is 206 Å². The number of nitrogens with one attached hydrogen (secondary N) is 4. The van der Waals surface area contributed by atoms with E-state index in [-0.39, 0.29) is 0 Å². The summed E-state index contributed by atoms with van der Waals surface area (Å²) >= 11 is 0. The fourth-order valence-electron chi connectivity index (χ4n) is 3.62. The van der Waals surface area contributed by atoms with Gasteiger partial charge in [-0.3, -0.25) is 5.10 Å². The molecule has 0 aliphatic rings. The van der Waals surface area contributed by atoms with Crippen molar-refractivity contribution >= 4 is 28.0 Å². The first-order valence-corrected chi connectivity index (χ1v) is 12.5. The Hall–Kier alpha value is -3.92. The molecular formula is C25H28N7O2S-. The van der Waals surface area contributed by atoms with E-state index in [4.69, 9.17) is 14.5 Å². The van der Waals surface area contributed by atoms with Gasteiger partial charge in [0.05, 0.1) is 12.8 Å². The Balaban J connectivity index is 1.56. The molecular weight excluding hydrogens is 462 g/mol. The number of hydrogen-bond acceptors (Lipinski definition) is 9. The van der Waals surface area contributed by atoms with E-state index in [9.17, 15) is 4.21 Å². The summed E-state index contributed by atoms with van der Waals surface area (Å²) in [5.41, 5.74) is 4.80. The molecule has 10 heteroatoms. The van der Waals surface area contributed by atoms with Gasteiger partial charge in [-0.1, -0.05) is 35.2 Å². The summed E-state index contributed by atoms with van der Waals surface area (Å²) in [6, 6.07) is 14.7. The number of aromatic amines is 1. The van der Waals surface area contributed by atoms with Crippen molar-refractivity contribution in [2.24, 2.45) is 0 Å². The minimum absolute atomic E-state index is 0.403. The molecule has 0 amide bonds. The topological polar surface area (TPSA) is 129 Å². The largest absolute Gasteiger partial charge is 0.494 e. The van der Waals surface area contributed by atoms with Gasteiger partial charge in [-0.15, -0.1) is 0 Å². The standard InChI is InChI=1S/C25H28N7O2S/c1-3-34-21-11-9-18(10-12-21)23-16-28-25(30-20-7-4-8-22(14-20)35(26)33)31-24(23)27-13-5-6-19-15-29-32-17(19)2/h4,7-12,14-16,26H,3,5-6,13H2,1-2H3,(H,29,32)(H2,27,28,30,31)/q-1. The molecule has 9 nitrogen and oxygen atoms in total. The molecule has 0 saturated carbocycles. The zero-order valence-corrected chi connectivity index (χ0v) is 20.5. The molecule has 182 valence electrons. The summed E-state index contributed by atoms with van der Waals surface area (Å²) < 4.78 is 24.5. The zero-order valence-electron chi connectivity index (χ0n) is 19.7. The number of hydrogen-bond donors (Lipinski definition) is 4. The quantitative estimate of drug-likeness (QED) is 0.163. The molecule has 2 aromatic carbocycles.